The van der Waals surface area contributed by atoms with Crippen LogP contribution in [0.3, 0.4) is 0 Å². The Labute approximate surface area is 122 Å². The van der Waals surface area contributed by atoms with Crippen molar-refractivity contribution in [1.82, 2.24) is 4.90 Å². The van der Waals surface area contributed by atoms with Crippen molar-refractivity contribution < 1.29 is 9.59 Å². The Balaban J connectivity index is 2.21. The van der Waals surface area contributed by atoms with Crippen molar-refractivity contribution in [3.05, 3.63) is 40.2 Å². The van der Waals surface area contributed by atoms with Crippen LogP contribution in [-0.4, -0.2) is 22.8 Å². The maximum atomic E-state index is 12.3. The zero-order chi connectivity index (χ0) is 14.7. The number of carbonyl (C=O) groups excluding carboxylic acids is 2. The lowest BCUT2D eigenvalue weighted by Gasteiger charge is -2.24. The standard InChI is InChI=1S/C15H18N2O2S/c1-3-12(15(16)19)17-6-4-5-11(8-14(17)18)13-7-10(2)9-20-13/h4-7,9,12H,3,8H2,1-2H3,(H2,16,19). The molecule has 0 saturated heterocycles. The van der Waals surface area contributed by atoms with Gasteiger partial charge in [-0.15, -0.1) is 11.3 Å². The second kappa shape index (κ2) is 6.05. The largest absolute Gasteiger partial charge is 0.368 e. The molecule has 0 aromatic carbocycles. The fraction of sp³-hybridized carbons (Fsp3) is 0.333. The van der Waals surface area contributed by atoms with Crippen molar-refractivity contribution in [1.29, 1.82) is 0 Å². The summed E-state index contributed by atoms with van der Waals surface area (Å²) in [5, 5.41) is 2.06. The number of carbonyl (C=O) groups is 2. The molecular formula is C15H18N2O2S. The van der Waals surface area contributed by atoms with Gasteiger partial charge in [0.1, 0.15) is 6.04 Å². The molecule has 4 nitrogen and oxygen atoms in total. The third-order valence-corrected chi connectivity index (χ3v) is 4.40. The van der Waals surface area contributed by atoms with Gasteiger partial charge in [0.05, 0.1) is 6.42 Å². The highest BCUT2D eigenvalue weighted by Crippen LogP contribution is 2.28. The lowest BCUT2D eigenvalue weighted by molar-refractivity contribution is -0.135. The van der Waals surface area contributed by atoms with E-state index < -0.39 is 11.9 Å². The van der Waals surface area contributed by atoms with Gasteiger partial charge in [-0.2, -0.15) is 0 Å². The zero-order valence-electron chi connectivity index (χ0n) is 11.6. The first-order valence-corrected chi connectivity index (χ1v) is 7.44. The molecule has 1 aromatic rings. The van der Waals surface area contributed by atoms with Crippen LogP contribution in [0.25, 0.3) is 5.57 Å². The van der Waals surface area contributed by atoms with Gasteiger partial charge in [0.2, 0.25) is 11.8 Å². The number of aryl methyl sites for hydroxylation is 1. The number of allylic oxidation sites excluding steroid dienone is 2. The molecule has 2 N–H and O–H groups in total. The lowest BCUT2D eigenvalue weighted by atomic mass is 10.1. The van der Waals surface area contributed by atoms with Crippen molar-refractivity contribution in [2.45, 2.75) is 32.7 Å². The third-order valence-electron chi connectivity index (χ3n) is 3.27. The molecule has 0 aliphatic carbocycles. The molecule has 20 heavy (non-hydrogen) atoms. The van der Waals surface area contributed by atoms with E-state index in [1.165, 1.54) is 10.5 Å². The van der Waals surface area contributed by atoms with Crippen molar-refractivity contribution in [3.63, 3.8) is 0 Å². The number of thiophene rings is 1. The van der Waals surface area contributed by atoms with Crippen LogP contribution in [0, 0.1) is 6.92 Å². The van der Waals surface area contributed by atoms with E-state index >= 15 is 0 Å². The van der Waals surface area contributed by atoms with Gasteiger partial charge in [-0.05, 0) is 42.0 Å². The van der Waals surface area contributed by atoms with E-state index in [4.69, 9.17) is 5.73 Å². The molecule has 0 bridgehead atoms. The summed E-state index contributed by atoms with van der Waals surface area (Å²) in [7, 11) is 0. The molecule has 1 aromatic heterocycles. The Hall–Kier alpha value is -1.88. The number of primary amides is 1. The average Bonchev–Trinajstić information content (AvgIpc) is 2.73. The van der Waals surface area contributed by atoms with Crippen LogP contribution >= 0.6 is 11.3 Å². The van der Waals surface area contributed by atoms with Crippen LogP contribution in [0.4, 0.5) is 0 Å². The second-order valence-electron chi connectivity index (χ2n) is 4.83. The number of hydrogen-bond acceptors (Lipinski definition) is 3. The van der Waals surface area contributed by atoms with Gasteiger partial charge in [0.25, 0.3) is 0 Å². The molecule has 5 heteroatoms. The first kappa shape index (κ1) is 14.5. The van der Waals surface area contributed by atoms with Gasteiger partial charge in [-0.25, -0.2) is 0 Å². The number of amides is 2. The van der Waals surface area contributed by atoms with Crippen LogP contribution in [0.5, 0.6) is 0 Å². The molecule has 0 saturated carbocycles. The Morgan fingerprint density at radius 3 is 2.85 bits per heavy atom. The van der Waals surface area contributed by atoms with E-state index in [1.54, 1.807) is 23.6 Å². The topological polar surface area (TPSA) is 63.4 Å². The van der Waals surface area contributed by atoms with Gasteiger partial charge in [0.15, 0.2) is 0 Å². The monoisotopic (exact) mass is 290 g/mol. The maximum Gasteiger partial charge on any atom is 0.240 e. The highest BCUT2D eigenvalue weighted by atomic mass is 32.1. The minimum atomic E-state index is -0.573. The molecule has 2 rings (SSSR count). The Morgan fingerprint density at radius 2 is 2.30 bits per heavy atom. The lowest BCUT2D eigenvalue weighted by Crippen LogP contribution is -2.44. The van der Waals surface area contributed by atoms with Crippen molar-refractivity contribution in [3.8, 4) is 0 Å². The molecule has 1 aliphatic rings. The highest BCUT2D eigenvalue weighted by Gasteiger charge is 2.26. The number of nitrogens with two attached hydrogens (primary N) is 1. The van der Waals surface area contributed by atoms with E-state index in [-0.39, 0.29) is 12.3 Å². The van der Waals surface area contributed by atoms with Crippen LogP contribution < -0.4 is 5.73 Å². The summed E-state index contributed by atoms with van der Waals surface area (Å²) >= 11 is 1.62. The number of rotatable bonds is 4. The molecule has 0 spiro atoms. The summed E-state index contributed by atoms with van der Waals surface area (Å²) in [6.07, 6.45) is 6.18. The minimum Gasteiger partial charge on any atom is -0.368 e. The van der Waals surface area contributed by atoms with Crippen molar-refractivity contribution in [2.75, 3.05) is 0 Å². The normalized spacial score (nSPS) is 16.8. The van der Waals surface area contributed by atoms with Gasteiger partial charge >= 0.3 is 0 Å². The Kier molecular flexibility index (Phi) is 4.39. The summed E-state index contributed by atoms with van der Waals surface area (Å²) in [6, 6.07) is 1.50. The van der Waals surface area contributed by atoms with Crippen molar-refractivity contribution >= 4 is 28.7 Å². The molecule has 2 amide bonds. The summed E-state index contributed by atoms with van der Waals surface area (Å²) in [4.78, 5) is 26.3. The van der Waals surface area contributed by atoms with E-state index in [0.717, 1.165) is 10.5 Å². The highest BCUT2D eigenvalue weighted by molar-refractivity contribution is 7.11. The Morgan fingerprint density at radius 1 is 1.55 bits per heavy atom. The van der Waals surface area contributed by atoms with E-state index in [0.29, 0.717) is 6.42 Å². The SMILES string of the molecule is CCC(C(N)=O)N1C=CC=C(c2cc(C)cs2)CC1=O. The van der Waals surface area contributed by atoms with Crippen molar-refractivity contribution in [2.24, 2.45) is 5.73 Å². The fourth-order valence-corrected chi connectivity index (χ4v) is 3.16. The predicted molar refractivity (Wildman–Crippen MR) is 80.9 cm³/mol. The van der Waals surface area contributed by atoms with Gasteiger partial charge in [-0.1, -0.05) is 13.0 Å². The molecular weight excluding hydrogens is 272 g/mol. The molecule has 0 radical (unpaired) electrons. The second-order valence-corrected chi connectivity index (χ2v) is 5.74. The van der Waals surface area contributed by atoms with Crippen LogP contribution in [0.2, 0.25) is 0 Å². The smallest absolute Gasteiger partial charge is 0.240 e. The molecule has 106 valence electrons. The zero-order valence-corrected chi connectivity index (χ0v) is 12.4. The van der Waals surface area contributed by atoms with Gasteiger partial charge < -0.3 is 10.6 Å². The summed E-state index contributed by atoms with van der Waals surface area (Å²) in [5.74, 6) is -0.567. The number of hydrogen-bond donors (Lipinski definition) is 1. The summed E-state index contributed by atoms with van der Waals surface area (Å²) < 4.78 is 0. The average molecular weight is 290 g/mol. The fourth-order valence-electron chi connectivity index (χ4n) is 2.23. The van der Waals surface area contributed by atoms with Gasteiger partial charge in [-0.3, -0.25) is 9.59 Å². The first-order valence-electron chi connectivity index (χ1n) is 6.56. The number of nitrogens with zero attached hydrogens (tertiary/aromatic N) is 1. The van der Waals surface area contributed by atoms with Crippen LogP contribution in [-0.2, 0) is 9.59 Å². The minimum absolute atomic E-state index is 0.0956. The quantitative estimate of drug-likeness (QED) is 0.925. The predicted octanol–water partition coefficient (Wildman–Crippen LogP) is 2.45. The molecule has 2 heterocycles. The Bertz CT molecular complexity index is 586. The van der Waals surface area contributed by atoms with Gasteiger partial charge in [0, 0.05) is 11.1 Å². The van der Waals surface area contributed by atoms with E-state index in [1.807, 2.05) is 19.9 Å². The van der Waals surface area contributed by atoms with E-state index in [9.17, 15) is 9.59 Å². The van der Waals surface area contributed by atoms with Crippen LogP contribution in [0.1, 0.15) is 30.2 Å². The molecule has 0 fully saturated rings. The molecule has 1 aliphatic heterocycles. The maximum absolute atomic E-state index is 12.3. The first-order chi connectivity index (χ1) is 9.52. The molecule has 1 unspecified atom stereocenters. The molecule has 1 atom stereocenters. The van der Waals surface area contributed by atoms with E-state index in [2.05, 4.69) is 11.4 Å². The third kappa shape index (κ3) is 2.99. The summed E-state index contributed by atoms with van der Waals surface area (Å²) in [6.45, 7) is 3.87. The summed E-state index contributed by atoms with van der Waals surface area (Å²) in [5.41, 5.74) is 7.52. The van der Waals surface area contributed by atoms with Crippen LogP contribution in [0.15, 0.2) is 29.8 Å².